The number of furan rings is 1. The lowest BCUT2D eigenvalue weighted by Crippen LogP contribution is -1.97. The highest BCUT2D eigenvalue weighted by molar-refractivity contribution is 6.20. The Hall–Kier alpha value is -7.17. The van der Waals surface area contributed by atoms with Crippen molar-refractivity contribution >= 4 is 87.4 Å². The first-order valence-electron chi connectivity index (χ1n) is 18.1. The van der Waals surface area contributed by atoms with Gasteiger partial charge in [-0.1, -0.05) is 115 Å². The zero-order chi connectivity index (χ0) is 34.6. The molecule has 0 unspecified atom stereocenters. The molecule has 0 atom stereocenters. The highest BCUT2D eigenvalue weighted by Crippen LogP contribution is 2.43. The van der Waals surface area contributed by atoms with Gasteiger partial charge in [-0.15, -0.1) is 0 Å². The Morgan fingerprint density at radius 3 is 1.87 bits per heavy atom. The first-order chi connectivity index (χ1) is 26.3. The van der Waals surface area contributed by atoms with Crippen LogP contribution in [0, 0.1) is 0 Å². The highest BCUT2D eigenvalue weighted by atomic mass is 16.3. The van der Waals surface area contributed by atoms with E-state index in [0.717, 1.165) is 55.4 Å². The van der Waals surface area contributed by atoms with E-state index in [-0.39, 0.29) is 0 Å². The molecule has 0 aliphatic heterocycles. The van der Waals surface area contributed by atoms with E-state index in [0.29, 0.717) is 0 Å². The topological polar surface area (TPSA) is 35.9 Å². The molecule has 0 saturated carbocycles. The van der Waals surface area contributed by atoms with Crippen LogP contribution < -0.4 is 0 Å². The Labute approximate surface area is 303 Å². The van der Waals surface area contributed by atoms with Crippen molar-refractivity contribution in [2.75, 3.05) is 0 Å². The molecule has 0 amide bonds. The molecule has 53 heavy (non-hydrogen) atoms. The zero-order valence-corrected chi connectivity index (χ0v) is 28.5. The number of aromatic nitrogens is 3. The van der Waals surface area contributed by atoms with Crippen LogP contribution in [-0.4, -0.2) is 14.1 Å². The number of rotatable bonds is 3. The van der Waals surface area contributed by atoms with E-state index in [1.54, 1.807) is 0 Å². The molecular weight excluding hydrogens is 647 g/mol. The van der Waals surface area contributed by atoms with Gasteiger partial charge < -0.3 is 13.6 Å². The predicted octanol–water partition coefficient (Wildman–Crippen LogP) is 13.1. The van der Waals surface area contributed by atoms with E-state index in [1.165, 1.54) is 54.5 Å². The molecule has 0 bridgehead atoms. The van der Waals surface area contributed by atoms with Gasteiger partial charge in [0.05, 0.1) is 27.6 Å². The van der Waals surface area contributed by atoms with Crippen molar-refractivity contribution in [2.24, 2.45) is 0 Å². The van der Waals surface area contributed by atoms with Crippen LogP contribution in [0.25, 0.3) is 110 Å². The lowest BCUT2D eigenvalue weighted by atomic mass is 10.00. The van der Waals surface area contributed by atoms with E-state index in [1.807, 2.05) is 12.1 Å². The number of fused-ring (bicyclic) bond motifs is 12. The van der Waals surface area contributed by atoms with Gasteiger partial charge in [0.15, 0.2) is 5.58 Å². The van der Waals surface area contributed by atoms with Gasteiger partial charge in [0.25, 0.3) is 0 Å². The van der Waals surface area contributed by atoms with Crippen LogP contribution in [0.15, 0.2) is 180 Å². The van der Waals surface area contributed by atoms with Crippen LogP contribution in [0.3, 0.4) is 0 Å². The largest absolute Gasteiger partial charge is 0.452 e. The molecule has 0 aliphatic rings. The third-order valence-electron chi connectivity index (χ3n) is 11.1. The molecule has 4 heteroatoms. The SMILES string of the molecule is c1ccc(-n2c3ccc(-c4ccc5c(c4)c4ccccc4n5-c4c5ccccc5nc5c4oc4ccccc45)cc3c3ccc4ccccc4c32)cc1. The molecule has 4 nitrogen and oxygen atoms in total. The van der Waals surface area contributed by atoms with Gasteiger partial charge in [-0.2, -0.15) is 0 Å². The second kappa shape index (κ2) is 10.7. The predicted molar refractivity (Wildman–Crippen MR) is 221 cm³/mol. The standard InChI is InChI=1S/C49H29N3O/c1-2-13-33(14-3-1)51-43-26-23-32(29-40(43)36-25-22-30-12-4-5-15-34(30)47(36)51)31-24-27-44-39(28-31)35-16-7-10-20-42(35)52(44)48-37-17-6-9-19-41(37)50-46-38-18-8-11-21-45(38)53-49(46)48/h1-29H. The van der Waals surface area contributed by atoms with Crippen molar-refractivity contribution in [1.29, 1.82) is 0 Å². The lowest BCUT2D eigenvalue weighted by Gasteiger charge is -2.12. The molecular formula is C49H29N3O. The van der Waals surface area contributed by atoms with Crippen molar-refractivity contribution < 1.29 is 4.42 Å². The zero-order valence-electron chi connectivity index (χ0n) is 28.5. The minimum absolute atomic E-state index is 0.796. The average molecular weight is 676 g/mol. The van der Waals surface area contributed by atoms with Crippen molar-refractivity contribution in [2.45, 2.75) is 0 Å². The Kier molecular flexibility index (Phi) is 5.74. The smallest absolute Gasteiger partial charge is 0.178 e. The Balaban J connectivity index is 1.12. The highest BCUT2D eigenvalue weighted by Gasteiger charge is 2.22. The van der Waals surface area contributed by atoms with E-state index >= 15 is 0 Å². The van der Waals surface area contributed by atoms with E-state index in [2.05, 4.69) is 173 Å². The van der Waals surface area contributed by atoms with Crippen LogP contribution in [-0.2, 0) is 0 Å². The Bertz CT molecular complexity index is 3460. The fraction of sp³-hybridized carbons (Fsp3) is 0. The second-order valence-corrected chi connectivity index (χ2v) is 13.9. The molecule has 246 valence electrons. The molecule has 12 rings (SSSR count). The molecule has 4 heterocycles. The number of para-hydroxylation sites is 4. The van der Waals surface area contributed by atoms with Gasteiger partial charge >= 0.3 is 0 Å². The summed E-state index contributed by atoms with van der Waals surface area (Å²) in [6.07, 6.45) is 0. The van der Waals surface area contributed by atoms with Crippen LogP contribution in [0.1, 0.15) is 0 Å². The van der Waals surface area contributed by atoms with Crippen LogP contribution in [0.2, 0.25) is 0 Å². The number of hydrogen-bond acceptors (Lipinski definition) is 2. The summed E-state index contributed by atoms with van der Waals surface area (Å²) in [4.78, 5) is 5.13. The van der Waals surface area contributed by atoms with Crippen LogP contribution in [0.4, 0.5) is 0 Å². The molecule has 0 spiro atoms. The number of nitrogens with zero attached hydrogens (tertiary/aromatic N) is 3. The average Bonchev–Trinajstić information content (AvgIpc) is 3.87. The number of pyridine rings is 1. The Morgan fingerprint density at radius 1 is 0.415 bits per heavy atom. The summed E-state index contributed by atoms with van der Waals surface area (Å²) >= 11 is 0. The van der Waals surface area contributed by atoms with Crippen molar-refractivity contribution in [3.63, 3.8) is 0 Å². The summed E-state index contributed by atoms with van der Waals surface area (Å²) in [5.41, 5.74) is 12.7. The molecule has 0 N–H and O–H groups in total. The lowest BCUT2D eigenvalue weighted by molar-refractivity contribution is 0.666. The maximum Gasteiger partial charge on any atom is 0.178 e. The van der Waals surface area contributed by atoms with Crippen molar-refractivity contribution in [1.82, 2.24) is 14.1 Å². The van der Waals surface area contributed by atoms with E-state index in [9.17, 15) is 0 Å². The van der Waals surface area contributed by atoms with E-state index in [4.69, 9.17) is 9.40 Å². The van der Waals surface area contributed by atoms with Crippen LogP contribution in [0.5, 0.6) is 0 Å². The minimum Gasteiger partial charge on any atom is -0.452 e. The quantitative estimate of drug-likeness (QED) is 0.187. The summed E-state index contributed by atoms with van der Waals surface area (Å²) in [5, 5.41) is 9.45. The van der Waals surface area contributed by atoms with Gasteiger partial charge in [0.2, 0.25) is 0 Å². The summed E-state index contributed by atoms with van der Waals surface area (Å²) < 4.78 is 11.5. The molecule has 8 aromatic carbocycles. The number of hydrogen-bond donors (Lipinski definition) is 0. The van der Waals surface area contributed by atoms with Gasteiger partial charge in [0.1, 0.15) is 16.8 Å². The third-order valence-corrected chi connectivity index (χ3v) is 11.1. The second-order valence-electron chi connectivity index (χ2n) is 13.9. The summed E-state index contributed by atoms with van der Waals surface area (Å²) in [5.74, 6) is 0. The van der Waals surface area contributed by atoms with Crippen molar-refractivity contribution in [3.8, 4) is 22.5 Å². The minimum atomic E-state index is 0.796. The molecule has 12 aromatic rings. The maximum atomic E-state index is 6.66. The van der Waals surface area contributed by atoms with Gasteiger partial charge in [-0.25, -0.2) is 4.98 Å². The summed E-state index contributed by atoms with van der Waals surface area (Å²) in [6.45, 7) is 0. The number of benzene rings is 8. The summed E-state index contributed by atoms with van der Waals surface area (Å²) in [6, 6.07) is 63.1. The van der Waals surface area contributed by atoms with Gasteiger partial charge in [-0.05, 0) is 77.2 Å². The first-order valence-corrected chi connectivity index (χ1v) is 18.1. The molecule has 0 saturated heterocycles. The fourth-order valence-corrected chi connectivity index (χ4v) is 8.74. The summed E-state index contributed by atoms with van der Waals surface area (Å²) in [7, 11) is 0. The molecule has 0 fully saturated rings. The normalized spacial score (nSPS) is 12.2. The molecule has 0 radical (unpaired) electrons. The molecule has 4 aromatic heterocycles. The van der Waals surface area contributed by atoms with E-state index < -0.39 is 0 Å². The van der Waals surface area contributed by atoms with Gasteiger partial charge in [-0.3, -0.25) is 0 Å². The monoisotopic (exact) mass is 675 g/mol. The van der Waals surface area contributed by atoms with Crippen molar-refractivity contribution in [3.05, 3.63) is 176 Å². The Morgan fingerprint density at radius 2 is 1.04 bits per heavy atom. The first kappa shape index (κ1) is 28.5. The van der Waals surface area contributed by atoms with Gasteiger partial charge in [0, 0.05) is 43.4 Å². The maximum absolute atomic E-state index is 6.66. The fourth-order valence-electron chi connectivity index (χ4n) is 8.74. The molecule has 0 aliphatic carbocycles. The third kappa shape index (κ3) is 3.98. The van der Waals surface area contributed by atoms with Crippen LogP contribution >= 0.6 is 0 Å².